The van der Waals surface area contributed by atoms with E-state index in [9.17, 15) is 10.2 Å². The largest absolute Gasteiger partial charge is 0.393 e. The lowest BCUT2D eigenvalue weighted by molar-refractivity contribution is -0.207. The molecule has 0 aromatic carbocycles. The first-order valence-electron chi connectivity index (χ1n) is 9.26. The first-order valence-corrected chi connectivity index (χ1v) is 9.26. The van der Waals surface area contributed by atoms with Gasteiger partial charge in [-0.25, -0.2) is 0 Å². The van der Waals surface area contributed by atoms with Gasteiger partial charge in [0.25, 0.3) is 0 Å². The molecule has 5 atom stereocenters. The summed E-state index contributed by atoms with van der Waals surface area (Å²) in [6.45, 7) is 10.8. The highest BCUT2D eigenvalue weighted by Crippen LogP contribution is 2.63. The summed E-state index contributed by atoms with van der Waals surface area (Å²) in [7, 11) is 0. The van der Waals surface area contributed by atoms with Crippen LogP contribution < -0.4 is 0 Å². The summed E-state index contributed by atoms with van der Waals surface area (Å²) in [6.07, 6.45) is 7.48. The van der Waals surface area contributed by atoms with Crippen molar-refractivity contribution in [2.24, 2.45) is 22.7 Å². The summed E-state index contributed by atoms with van der Waals surface area (Å²) in [5, 5.41) is 30.6. The highest BCUT2D eigenvalue weighted by molar-refractivity contribution is 5.15. The Hall–Kier alpha value is -0.380. The molecule has 0 spiro atoms. The standard InChI is InChI=1S/C20H36O3/c1-14(16(22)13-21)9-12-20(23)15(2)7-8-17-18(3,4)10-6-11-19(17,20)5/h9,15-17,21-23H,6-8,10-13H2,1-5H3/b14-9+/t15-,16+,17-,19-,20+/m0/s1. The van der Waals surface area contributed by atoms with Crippen LogP contribution in [0.25, 0.3) is 0 Å². The molecule has 2 fully saturated rings. The molecule has 2 aliphatic carbocycles. The molecule has 3 heteroatoms. The highest BCUT2D eigenvalue weighted by atomic mass is 16.3. The van der Waals surface area contributed by atoms with E-state index in [2.05, 4.69) is 27.7 Å². The third kappa shape index (κ3) is 3.12. The van der Waals surface area contributed by atoms with Gasteiger partial charge in [0, 0.05) is 5.41 Å². The fraction of sp³-hybridized carbons (Fsp3) is 0.900. The lowest BCUT2D eigenvalue weighted by Gasteiger charge is -2.63. The number of rotatable bonds is 4. The van der Waals surface area contributed by atoms with E-state index in [1.54, 1.807) is 0 Å². The van der Waals surface area contributed by atoms with Crippen molar-refractivity contribution in [1.82, 2.24) is 0 Å². The van der Waals surface area contributed by atoms with Crippen molar-refractivity contribution in [1.29, 1.82) is 0 Å². The van der Waals surface area contributed by atoms with Gasteiger partial charge in [0.2, 0.25) is 0 Å². The Morgan fingerprint density at radius 2 is 1.87 bits per heavy atom. The number of hydrogen-bond acceptors (Lipinski definition) is 3. The van der Waals surface area contributed by atoms with Crippen LogP contribution in [-0.4, -0.2) is 33.6 Å². The van der Waals surface area contributed by atoms with Crippen LogP contribution in [-0.2, 0) is 0 Å². The molecular formula is C20H36O3. The lowest BCUT2D eigenvalue weighted by atomic mass is 9.44. The van der Waals surface area contributed by atoms with Gasteiger partial charge in [0.1, 0.15) is 0 Å². The topological polar surface area (TPSA) is 60.7 Å². The Morgan fingerprint density at radius 1 is 1.22 bits per heavy atom. The van der Waals surface area contributed by atoms with Crippen molar-refractivity contribution in [3.63, 3.8) is 0 Å². The van der Waals surface area contributed by atoms with Gasteiger partial charge >= 0.3 is 0 Å². The molecule has 134 valence electrons. The lowest BCUT2D eigenvalue weighted by Crippen LogP contribution is -2.62. The SMILES string of the molecule is C/C(=C\C[C@@]1(O)[C@@H](C)CC[C@H]2C(C)(C)CCC[C@@]21C)[C@H](O)CO. The molecule has 3 nitrogen and oxygen atoms in total. The maximum atomic E-state index is 11.7. The molecule has 0 aromatic heterocycles. The molecule has 0 aromatic rings. The molecule has 2 rings (SSSR count). The van der Waals surface area contributed by atoms with E-state index in [0.29, 0.717) is 12.3 Å². The first kappa shape index (κ1) is 19.0. The van der Waals surface area contributed by atoms with Gasteiger partial charge < -0.3 is 15.3 Å². The van der Waals surface area contributed by atoms with Gasteiger partial charge in [0.15, 0.2) is 0 Å². The number of fused-ring (bicyclic) bond motifs is 1. The van der Waals surface area contributed by atoms with Gasteiger partial charge in [-0.2, -0.15) is 0 Å². The third-order valence-electron chi connectivity index (χ3n) is 7.36. The van der Waals surface area contributed by atoms with Gasteiger partial charge in [-0.3, -0.25) is 0 Å². The minimum absolute atomic E-state index is 0.0760. The number of aliphatic hydroxyl groups is 3. The molecule has 0 saturated heterocycles. The average Bonchev–Trinajstić information content (AvgIpc) is 2.48. The van der Waals surface area contributed by atoms with Gasteiger partial charge in [-0.05, 0) is 61.9 Å². The van der Waals surface area contributed by atoms with Crippen LogP contribution in [0.3, 0.4) is 0 Å². The number of hydrogen-bond donors (Lipinski definition) is 3. The minimum atomic E-state index is -0.816. The Labute approximate surface area is 141 Å². The molecule has 0 heterocycles. The van der Waals surface area contributed by atoms with Crippen LogP contribution in [0.2, 0.25) is 0 Å². The summed E-state index contributed by atoms with van der Waals surface area (Å²) >= 11 is 0. The van der Waals surface area contributed by atoms with Crippen molar-refractivity contribution < 1.29 is 15.3 Å². The van der Waals surface area contributed by atoms with Crippen molar-refractivity contribution in [2.75, 3.05) is 6.61 Å². The average molecular weight is 325 g/mol. The molecule has 2 saturated carbocycles. The molecule has 0 aliphatic heterocycles. The number of aliphatic hydroxyl groups excluding tert-OH is 2. The summed E-state index contributed by atoms with van der Waals surface area (Å²) < 4.78 is 0. The molecular weight excluding hydrogens is 288 g/mol. The smallest absolute Gasteiger partial charge is 0.0978 e. The molecule has 0 amide bonds. The van der Waals surface area contributed by atoms with E-state index in [1.165, 1.54) is 19.3 Å². The second-order valence-electron chi connectivity index (χ2n) is 9.07. The summed E-state index contributed by atoms with van der Waals surface area (Å²) in [5.74, 6) is 0.800. The van der Waals surface area contributed by atoms with Crippen molar-refractivity contribution in [3.8, 4) is 0 Å². The maximum Gasteiger partial charge on any atom is 0.0978 e. The minimum Gasteiger partial charge on any atom is -0.393 e. The van der Waals surface area contributed by atoms with Crippen LogP contribution in [0, 0.1) is 22.7 Å². The quantitative estimate of drug-likeness (QED) is 0.692. The normalized spacial score (nSPS) is 42.2. The highest BCUT2D eigenvalue weighted by Gasteiger charge is 2.60. The van der Waals surface area contributed by atoms with E-state index in [0.717, 1.165) is 18.4 Å². The van der Waals surface area contributed by atoms with E-state index < -0.39 is 11.7 Å². The maximum absolute atomic E-state index is 11.7. The van der Waals surface area contributed by atoms with Gasteiger partial charge in [-0.15, -0.1) is 0 Å². The fourth-order valence-corrected chi connectivity index (χ4v) is 5.60. The Balaban J connectivity index is 2.33. The third-order valence-corrected chi connectivity index (χ3v) is 7.36. The summed E-state index contributed by atoms with van der Waals surface area (Å²) in [5.41, 5.74) is 0.232. The van der Waals surface area contributed by atoms with Crippen LogP contribution >= 0.6 is 0 Å². The van der Waals surface area contributed by atoms with Gasteiger partial charge in [0.05, 0.1) is 18.3 Å². The second-order valence-corrected chi connectivity index (χ2v) is 9.07. The molecule has 0 unspecified atom stereocenters. The van der Waals surface area contributed by atoms with E-state index in [4.69, 9.17) is 5.11 Å². The zero-order chi connectivity index (χ0) is 17.5. The van der Waals surface area contributed by atoms with E-state index in [-0.39, 0.29) is 23.4 Å². The van der Waals surface area contributed by atoms with E-state index in [1.807, 2.05) is 13.0 Å². The van der Waals surface area contributed by atoms with Gasteiger partial charge in [-0.1, -0.05) is 40.2 Å². The summed E-state index contributed by atoms with van der Waals surface area (Å²) in [6, 6.07) is 0. The Kier molecular flexibility index (Phi) is 5.35. The zero-order valence-corrected chi connectivity index (χ0v) is 15.6. The second kappa shape index (κ2) is 6.50. The predicted molar refractivity (Wildman–Crippen MR) is 94.0 cm³/mol. The summed E-state index contributed by atoms with van der Waals surface area (Å²) in [4.78, 5) is 0. The first-order chi connectivity index (χ1) is 10.6. The van der Waals surface area contributed by atoms with E-state index >= 15 is 0 Å². The van der Waals surface area contributed by atoms with Crippen molar-refractivity contribution in [3.05, 3.63) is 11.6 Å². The van der Waals surface area contributed by atoms with Crippen LogP contribution in [0.1, 0.15) is 73.1 Å². The molecule has 23 heavy (non-hydrogen) atoms. The zero-order valence-electron chi connectivity index (χ0n) is 15.6. The monoisotopic (exact) mass is 324 g/mol. The fourth-order valence-electron chi connectivity index (χ4n) is 5.60. The predicted octanol–water partition coefficient (Wildman–Crippen LogP) is 3.67. The molecule has 3 N–H and O–H groups in total. The van der Waals surface area contributed by atoms with Crippen LogP contribution in [0.15, 0.2) is 11.6 Å². The van der Waals surface area contributed by atoms with Crippen molar-refractivity contribution >= 4 is 0 Å². The molecule has 0 bridgehead atoms. The van der Waals surface area contributed by atoms with Crippen LogP contribution in [0.4, 0.5) is 0 Å². The van der Waals surface area contributed by atoms with Crippen LogP contribution in [0.5, 0.6) is 0 Å². The molecule has 0 radical (unpaired) electrons. The molecule has 2 aliphatic rings. The van der Waals surface area contributed by atoms with Crippen molar-refractivity contribution in [2.45, 2.75) is 84.8 Å². The Morgan fingerprint density at radius 3 is 2.48 bits per heavy atom. The Bertz CT molecular complexity index is 456.